The number of alkyl halides is 3. The molecule has 0 atom stereocenters. The number of esters is 1. The lowest BCUT2D eigenvalue weighted by Gasteiger charge is -2.07. The van der Waals surface area contributed by atoms with Crippen molar-refractivity contribution in [2.24, 2.45) is 0 Å². The molecule has 3 nitrogen and oxygen atoms in total. The number of nitrogens with zero attached hydrogens (tertiary/aromatic N) is 1. The highest BCUT2D eigenvalue weighted by molar-refractivity contribution is 7.15. The molecule has 0 fully saturated rings. The largest absolute Gasteiger partial charge is 0.466 e. The second kappa shape index (κ2) is 6.48. The average Bonchev–Trinajstić information content (AvgIpc) is 2.80. The SMILES string of the molecule is CCOC(=O)Cc1nc(-c2cccc(C(F)(F)F)c2)sc1C. The fraction of sp³-hybridized carbons (Fsp3) is 0.333. The van der Waals surface area contributed by atoms with E-state index >= 15 is 0 Å². The number of rotatable bonds is 4. The predicted octanol–water partition coefficient (Wildman–Crippen LogP) is 4.24. The number of halogens is 3. The average molecular weight is 329 g/mol. The number of carbonyl (C=O) groups excluding carboxylic acids is 1. The maximum absolute atomic E-state index is 12.7. The van der Waals surface area contributed by atoms with E-state index in [1.165, 1.54) is 17.4 Å². The molecular weight excluding hydrogens is 315 g/mol. The first-order valence-electron chi connectivity index (χ1n) is 6.60. The van der Waals surface area contributed by atoms with Gasteiger partial charge in [-0.1, -0.05) is 12.1 Å². The summed E-state index contributed by atoms with van der Waals surface area (Å²) in [5.41, 5.74) is 0.207. The lowest BCUT2D eigenvalue weighted by Crippen LogP contribution is -2.08. The Morgan fingerprint density at radius 1 is 1.36 bits per heavy atom. The standard InChI is InChI=1S/C15H14F3NO2S/c1-3-21-13(20)8-12-9(2)22-14(19-12)10-5-4-6-11(7-10)15(16,17)18/h4-7H,3,8H2,1-2H3. The van der Waals surface area contributed by atoms with E-state index in [2.05, 4.69) is 4.98 Å². The van der Waals surface area contributed by atoms with Gasteiger partial charge in [-0.2, -0.15) is 13.2 Å². The minimum Gasteiger partial charge on any atom is -0.466 e. The summed E-state index contributed by atoms with van der Waals surface area (Å²) in [6.07, 6.45) is -4.37. The smallest absolute Gasteiger partial charge is 0.416 e. The number of benzene rings is 1. The molecule has 1 aromatic heterocycles. The molecule has 1 heterocycles. The maximum Gasteiger partial charge on any atom is 0.416 e. The Morgan fingerprint density at radius 2 is 2.09 bits per heavy atom. The van der Waals surface area contributed by atoms with Gasteiger partial charge in [-0.25, -0.2) is 4.98 Å². The van der Waals surface area contributed by atoms with Crippen molar-refractivity contribution in [3.8, 4) is 10.6 Å². The summed E-state index contributed by atoms with van der Waals surface area (Å²) in [5.74, 6) is -0.397. The van der Waals surface area contributed by atoms with Crippen LogP contribution in [0.3, 0.4) is 0 Å². The minimum atomic E-state index is -4.39. The van der Waals surface area contributed by atoms with Crippen LogP contribution in [0.5, 0.6) is 0 Å². The second-order valence-corrected chi connectivity index (χ2v) is 5.79. The van der Waals surface area contributed by atoms with Gasteiger partial charge in [0.2, 0.25) is 0 Å². The zero-order chi connectivity index (χ0) is 16.3. The highest BCUT2D eigenvalue weighted by Crippen LogP contribution is 2.34. The molecule has 7 heteroatoms. The first kappa shape index (κ1) is 16.5. The molecule has 0 N–H and O–H groups in total. The highest BCUT2D eigenvalue weighted by atomic mass is 32.1. The van der Waals surface area contributed by atoms with Crippen LogP contribution in [0, 0.1) is 6.92 Å². The first-order valence-corrected chi connectivity index (χ1v) is 7.42. The van der Waals surface area contributed by atoms with Crippen LogP contribution < -0.4 is 0 Å². The molecule has 0 spiro atoms. The quantitative estimate of drug-likeness (QED) is 0.788. The number of carbonyl (C=O) groups is 1. The molecule has 0 saturated heterocycles. The van der Waals surface area contributed by atoms with E-state index in [-0.39, 0.29) is 13.0 Å². The molecule has 0 unspecified atom stereocenters. The van der Waals surface area contributed by atoms with E-state index in [9.17, 15) is 18.0 Å². The molecule has 0 aliphatic heterocycles. The Morgan fingerprint density at radius 3 is 2.73 bits per heavy atom. The van der Waals surface area contributed by atoms with Crippen molar-refractivity contribution in [1.29, 1.82) is 0 Å². The predicted molar refractivity (Wildman–Crippen MR) is 77.6 cm³/mol. The number of hydrogen-bond acceptors (Lipinski definition) is 4. The van der Waals surface area contributed by atoms with Gasteiger partial charge in [-0.15, -0.1) is 11.3 Å². The van der Waals surface area contributed by atoms with Gasteiger partial charge in [0.05, 0.1) is 24.3 Å². The Bertz CT molecular complexity index is 680. The zero-order valence-corrected chi connectivity index (χ0v) is 12.8. The van der Waals surface area contributed by atoms with Crippen molar-refractivity contribution < 1.29 is 22.7 Å². The normalized spacial score (nSPS) is 11.5. The zero-order valence-electron chi connectivity index (χ0n) is 12.0. The Kier molecular flexibility index (Phi) is 4.85. The second-order valence-electron chi connectivity index (χ2n) is 4.58. The van der Waals surface area contributed by atoms with Gasteiger partial charge in [0.25, 0.3) is 0 Å². The summed E-state index contributed by atoms with van der Waals surface area (Å²) in [4.78, 5) is 16.6. The van der Waals surface area contributed by atoms with Crippen LogP contribution in [0.2, 0.25) is 0 Å². The van der Waals surface area contributed by atoms with Crippen LogP contribution in [0.15, 0.2) is 24.3 Å². The summed E-state index contributed by atoms with van der Waals surface area (Å²) in [7, 11) is 0. The van der Waals surface area contributed by atoms with Gasteiger partial charge in [-0.05, 0) is 26.0 Å². The molecule has 0 saturated carbocycles. The van der Waals surface area contributed by atoms with Crippen LogP contribution >= 0.6 is 11.3 Å². The van der Waals surface area contributed by atoms with E-state index < -0.39 is 17.7 Å². The van der Waals surface area contributed by atoms with E-state index in [1.807, 2.05) is 0 Å². The summed E-state index contributed by atoms with van der Waals surface area (Å²) in [6, 6.07) is 5.00. The fourth-order valence-electron chi connectivity index (χ4n) is 1.89. The molecule has 0 aliphatic rings. The molecule has 2 rings (SSSR count). The maximum atomic E-state index is 12.7. The van der Waals surface area contributed by atoms with Crippen LogP contribution in [0.25, 0.3) is 10.6 Å². The monoisotopic (exact) mass is 329 g/mol. The Labute approximate surface area is 129 Å². The number of aromatic nitrogens is 1. The molecule has 0 amide bonds. The summed E-state index contributed by atoms with van der Waals surface area (Å²) in [5, 5.41) is 0.461. The number of ether oxygens (including phenoxy) is 1. The van der Waals surface area contributed by atoms with Gasteiger partial charge in [0.15, 0.2) is 0 Å². The number of aryl methyl sites for hydroxylation is 1. The van der Waals surface area contributed by atoms with Crippen molar-refractivity contribution in [3.63, 3.8) is 0 Å². The van der Waals surface area contributed by atoms with Gasteiger partial charge < -0.3 is 4.74 Å². The van der Waals surface area contributed by atoms with Crippen molar-refractivity contribution in [3.05, 3.63) is 40.4 Å². The van der Waals surface area contributed by atoms with Crippen molar-refractivity contribution in [1.82, 2.24) is 4.98 Å². The molecule has 0 aliphatic carbocycles. The number of thiazole rings is 1. The Balaban J connectivity index is 2.29. The summed E-state index contributed by atoms with van der Waals surface area (Å²) < 4.78 is 43.1. The summed E-state index contributed by atoms with van der Waals surface area (Å²) in [6.45, 7) is 3.77. The molecule has 1 aromatic carbocycles. The molecule has 2 aromatic rings. The van der Waals surface area contributed by atoms with Gasteiger partial charge in [0, 0.05) is 10.4 Å². The third kappa shape index (κ3) is 3.85. The summed E-state index contributed by atoms with van der Waals surface area (Å²) >= 11 is 1.26. The third-order valence-corrected chi connectivity index (χ3v) is 4.01. The van der Waals surface area contributed by atoms with Crippen molar-refractivity contribution >= 4 is 17.3 Å². The van der Waals surface area contributed by atoms with Crippen LogP contribution in [-0.4, -0.2) is 17.6 Å². The molecular formula is C15H14F3NO2S. The van der Waals surface area contributed by atoms with Crippen LogP contribution in [0.1, 0.15) is 23.1 Å². The molecule has 0 bridgehead atoms. The topological polar surface area (TPSA) is 39.2 Å². The van der Waals surface area contributed by atoms with Crippen molar-refractivity contribution in [2.45, 2.75) is 26.4 Å². The van der Waals surface area contributed by atoms with Crippen LogP contribution in [0.4, 0.5) is 13.2 Å². The van der Waals surface area contributed by atoms with Gasteiger partial charge >= 0.3 is 12.1 Å². The highest BCUT2D eigenvalue weighted by Gasteiger charge is 2.30. The first-order chi connectivity index (χ1) is 10.3. The van der Waals surface area contributed by atoms with E-state index in [1.54, 1.807) is 19.9 Å². The Hall–Kier alpha value is -1.89. The fourth-order valence-corrected chi connectivity index (χ4v) is 2.82. The van der Waals surface area contributed by atoms with Crippen LogP contribution in [-0.2, 0) is 22.1 Å². The number of hydrogen-bond donors (Lipinski definition) is 0. The molecule has 118 valence electrons. The third-order valence-electron chi connectivity index (χ3n) is 2.95. The lowest BCUT2D eigenvalue weighted by molar-refractivity contribution is -0.142. The van der Waals surface area contributed by atoms with Gasteiger partial charge in [0.1, 0.15) is 5.01 Å². The minimum absolute atomic E-state index is 0.0230. The van der Waals surface area contributed by atoms with Gasteiger partial charge in [-0.3, -0.25) is 4.79 Å². The lowest BCUT2D eigenvalue weighted by atomic mass is 10.1. The van der Waals surface area contributed by atoms with E-state index in [0.717, 1.165) is 17.0 Å². The van der Waals surface area contributed by atoms with Crippen molar-refractivity contribution in [2.75, 3.05) is 6.61 Å². The van der Waals surface area contributed by atoms with E-state index in [4.69, 9.17) is 4.74 Å². The molecule has 0 radical (unpaired) electrons. The van der Waals surface area contributed by atoms with E-state index in [0.29, 0.717) is 16.3 Å². The molecule has 22 heavy (non-hydrogen) atoms.